The van der Waals surface area contributed by atoms with E-state index in [1.54, 1.807) is 0 Å². The first-order chi connectivity index (χ1) is 8.83. The van der Waals surface area contributed by atoms with E-state index in [-0.39, 0.29) is 5.91 Å². The van der Waals surface area contributed by atoms with E-state index in [9.17, 15) is 4.79 Å². The standard InChI is InChI=1S/C14H7N3O/c18-14-11-7-15-17-13(11)10-5-8-3-1-2-4-9(8)6-12(10)16-14/h1-7H. The summed E-state index contributed by atoms with van der Waals surface area (Å²) in [4.78, 5) is 15.9. The summed E-state index contributed by atoms with van der Waals surface area (Å²) in [5.74, 6) is -0.266. The van der Waals surface area contributed by atoms with Crippen LogP contribution in [0.2, 0.25) is 0 Å². The van der Waals surface area contributed by atoms with Crippen LogP contribution in [0.5, 0.6) is 0 Å². The number of rotatable bonds is 0. The molecule has 0 bridgehead atoms. The van der Waals surface area contributed by atoms with E-state index in [0.29, 0.717) is 16.6 Å². The molecule has 0 aliphatic carbocycles. The van der Waals surface area contributed by atoms with E-state index in [4.69, 9.17) is 0 Å². The Kier molecular flexibility index (Phi) is 1.67. The van der Waals surface area contributed by atoms with Gasteiger partial charge in [-0.25, -0.2) is 4.99 Å². The van der Waals surface area contributed by atoms with E-state index in [1.807, 2.05) is 36.4 Å². The average molecular weight is 233 g/mol. The SMILES string of the molecule is O=C1N=c2cc3ccccc3cc2=C2N=NC=C12. The highest BCUT2D eigenvalue weighted by Gasteiger charge is 2.22. The molecule has 0 fully saturated rings. The molecule has 4 rings (SSSR count). The van der Waals surface area contributed by atoms with Crippen LogP contribution in [-0.4, -0.2) is 5.91 Å². The van der Waals surface area contributed by atoms with Crippen molar-refractivity contribution >= 4 is 22.4 Å². The molecular formula is C14H7N3O. The maximum atomic E-state index is 11.8. The van der Waals surface area contributed by atoms with Crippen LogP contribution in [0.4, 0.5) is 0 Å². The van der Waals surface area contributed by atoms with Crippen LogP contribution in [-0.2, 0) is 4.79 Å². The Hall–Kier alpha value is -2.62. The summed E-state index contributed by atoms with van der Waals surface area (Å²) >= 11 is 0. The van der Waals surface area contributed by atoms with Crippen LogP contribution in [0.25, 0.3) is 16.5 Å². The van der Waals surface area contributed by atoms with Crippen molar-refractivity contribution in [1.29, 1.82) is 0 Å². The molecule has 2 aromatic carbocycles. The van der Waals surface area contributed by atoms with E-state index in [1.165, 1.54) is 6.20 Å². The van der Waals surface area contributed by atoms with Gasteiger partial charge >= 0.3 is 0 Å². The van der Waals surface area contributed by atoms with E-state index >= 15 is 0 Å². The van der Waals surface area contributed by atoms with Gasteiger partial charge in [-0.1, -0.05) is 24.3 Å². The summed E-state index contributed by atoms with van der Waals surface area (Å²) in [5.41, 5.74) is 1.12. The number of carbonyl (C=O) groups excluding carboxylic acids is 1. The lowest BCUT2D eigenvalue weighted by atomic mass is 10.0. The third-order valence-corrected chi connectivity index (χ3v) is 3.17. The first kappa shape index (κ1) is 9.41. The minimum atomic E-state index is -0.266. The van der Waals surface area contributed by atoms with Crippen LogP contribution < -0.4 is 10.6 Å². The topological polar surface area (TPSA) is 54.1 Å². The third-order valence-electron chi connectivity index (χ3n) is 3.17. The zero-order valence-corrected chi connectivity index (χ0v) is 9.29. The Balaban J connectivity index is 2.27. The van der Waals surface area contributed by atoms with Crippen LogP contribution in [0.1, 0.15) is 0 Å². The van der Waals surface area contributed by atoms with Gasteiger partial charge in [0.15, 0.2) is 0 Å². The van der Waals surface area contributed by atoms with Gasteiger partial charge in [-0.2, -0.15) is 5.11 Å². The molecule has 2 aliphatic rings. The van der Waals surface area contributed by atoms with Gasteiger partial charge in [-0.05, 0) is 22.9 Å². The molecule has 18 heavy (non-hydrogen) atoms. The van der Waals surface area contributed by atoms with Crippen molar-refractivity contribution in [2.75, 3.05) is 0 Å². The smallest absolute Gasteiger partial charge is 0.267 e. The maximum Gasteiger partial charge on any atom is 0.281 e. The van der Waals surface area contributed by atoms with Crippen LogP contribution in [0.15, 0.2) is 63.4 Å². The van der Waals surface area contributed by atoms with E-state index in [2.05, 4.69) is 15.2 Å². The highest BCUT2D eigenvalue weighted by atomic mass is 16.1. The number of amides is 1. The summed E-state index contributed by atoms with van der Waals surface area (Å²) < 4.78 is 0. The quantitative estimate of drug-likeness (QED) is 0.679. The fraction of sp³-hybridized carbons (Fsp3) is 0. The molecular weight excluding hydrogens is 226 g/mol. The fourth-order valence-electron chi connectivity index (χ4n) is 2.29. The molecule has 2 heterocycles. The largest absolute Gasteiger partial charge is 0.281 e. The molecule has 1 amide bonds. The molecule has 0 unspecified atom stereocenters. The second kappa shape index (κ2) is 3.20. The second-order valence-electron chi connectivity index (χ2n) is 4.24. The lowest BCUT2D eigenvalue weighted by molar-refractivity contribution is -0.114. The van der Waals surface area contributed by atoms with Crippen molar-refractivity contribution in [2.24, 2.45) is 15.2 Å². The molecule has 0 saturated heterocycles. The van der Waals surface area contributed by atoms with Crippen LogP contribution in [0, 0.1) is 0 Å². The fourth-order valence-corrected chi connectivity index (χ4v) is 2.29. The average Bonchev–Trinajstić information content (AvgIpc) is 2.87. The Bertz CT molecular complexity index is 891. The molecule has 0 aromatic heterocycles. The summed E-state index contributed by atoms with van der Waals surface area (Å²) in [6.45, 7) is 0. The van der Waals surface area contributed by atoms with Gasteiger partial charge in [0.2, 0.25) is 0 Å². The molecule has 0 atom stereocenters. The lowest BCUT2D eigenvalue weighted by Gasteiger charge is -2.05. The predicted molar refractivity (Wildman–Crippen MR) is 66.1 cm³/mol. The van der Waals surface area contributed by atoms with Gasteiger partial charge in [0, 0.05) is 5.22 Å². The third kappa shape index (κ3) is 1.14. The van der Waals surface area contributed by atoms with E-state index in [0.717, 1.165) is 16.0 Å². The summed E-state index contributed by atoms with van der Waals surface area (Å²) in [6.07, 6.45) is 1.47. The highest BCUT2D eigenvalue weighted by molar-refractivity contribution is 6.07. The molecule has 4 heteroatoms. The molecule has 0 radical (unpaired) electrons. The molecule has 0 saturated carbocycles. The number of fused-ring (bicyclic) bond motifs is 3. The van der Waals surface area contributed by atoms with Crippen molar-refractivity contribution in [2.45, 2.75) is 0 Å². The normalized spacial score (nSPS) is 16.3. The Morgan fingerprint density at radius 3 is 2.61 bits per heavy atom. The highest BCUT2D eigenvalue weighted by Crippen LogP contribution is 2.22. The molecule has 0 spiro atoms. The Morgan fingerprint density at radius 1 is 1.00 bits per heavy atom. The molecule has 0 N–H and O–H groups in total. The van der Waals surface area contributed by atoms with Crippen LogP contribution in [0.3, 0.4) is 0 Å². The van der Waals surface area contributed by atoms with Crippen molar-refractivity contribution < 1.29 is 4.79 Å². The van der Waals surface area contributed by atoms with Gasteiger partial charge in [0.05, 0.1) is 17.1 Å². The molecule has 2 aliphatic heterocycles. The number of nitrogens with zero attached hydrogens (tertiary/aromatic N) is 3. The van der Waals surface area contributed by atoms with Crippen LogP contribution >= 0.6 is 0 Å². The zero-order valence-electron chi connectivity index (χ0n) is 9.29. The second-order valence-corrected chi connectivity index (χ2v) is 4.24. The Morgan fingerprint density at radius 2 is 1.78 bits per heavy atom. The molecule has 2 aromatic rings. The molecule has 4 nitrogen and oxygen atoms in total. The van der Waals surface area contributed by atoms with Gasteiger partial charge in [0.25, 0.3) is 5.91 Å². The monoisotopic (exact) mass is 233 g/mol. The lowest BCUT2D eigenvalue weighted by Crippen LogP contribution is -2.32. The summed E-state index contributed by atoms with van der Waals surface area (Å²) in [7, 11) is 0. The van der Waals surface area contributed by atoms with Gasteiger partial charge in [0.1, 0.15) is 5.70 Å². The van der Waals surface area contributed by atoms with Crippen molar-refractivity contribution in [3.63, 3.8) is 0 Å². The number of azo groups is 1. The minimum Gasteiger partial charge on any atom is -0.267 e. The minimum absolute atomic E-state index is 0.266. The van der Waals surface area contributed by atoms with Gasteiger partial charge in [-0.3, -0.25) is 4.79 Å². The maximum absolute atomic E-state index is 11.8. The van der Waals surface area contributed by atoms with Crippen molar-refractivity contribution in [1.82, 2.24) is 0 Å². The van der Waals surface area contributed by atoms with Crippen molar-refractivity contribution in [3.8, 4) is 0 Å². The van der Waals surface area contributed by atoms with E-state index < -0.39 is 0 Å². The van der Waals surface area contributed by atoms with Gasteiger partial charge < -0.3 is 0 Å². The number of hydrogen-bond donors (Lipinski definition) is 0. The first-order valence-electron chi connectivity index (χ1n) is 5.60. The summed E-state index contributed by atoms with van der Waals surface area (Å²) in [5, 5.41) is 11.5. The zero-order chi connectivity index (χ0) is 12.1. The first-order valence-corrected chi connectivity index (χ1v) is 5.60. The summed E-state index contributed by atoms with van der Waals surface area (Å²) in [6, 6.07) is 11.9. The predicted octanol–water partition coefficient (Wildman–Crippen LogP) is 1.46. The van der Waals surface area contributed by atoms with Crippen molar-refractivity contribution in [3.05, 3.63) is 58.7 Å². The number of benzene rings is 2. The number of carbonyl (C=O) groups is 1. The molecule has 84 valence electrons. The van der Waals surface area contributed by atoms with Gasteiger partial charge in [-0.15, -0.1) is 5.11 Å². The Labute approximate surface area is 102 Å². The number of hydrogen-bond acceptors (Lipinski definition) is 3.